The van der Waals surface area contributed by atoms with Gasteiger partial charge in [0.1, 0.15) is 11.7 Å². The van der Waals surface area contributed by atoms with Gasteiger partial charge >= 0.3 is 5.97 Å². The smallest absolute Gasteiger partial charge is 0.323 e. The van der Waals surface area contributed by atoms with Crippen molar-refractivity contribution >= 4 is 11.5 Å². The summed E-state index contributed by atoms with van der Waals surface area (Å²) >= 11 is 0. The summed E-state index contributed by atoms with van der Waals surface area (Å²) in [6, 6.07) is 9.69. The molecule has 0 radical (unpaired) electrons. The minimum absolute atomic E-state index is 0.117. The molecule has 1 atom stereocenters. The zero-order valence-corrected chi connectivity index (χ0v) is 15.6. The molecule has 0 aliphatic carbocycles. The van der Waals surface area contributed by atoms with Gasteiger partial charge in [-0.25, -0.2) is 4.68 Å². The molecule has 0 spiro atoms. The largest absolute Gasteiger partial charge is 0.462 e. The molecule has 0 amide bonds. The van der Waals surface area contributed by atoms with Crippen LogP contribution < -0.4 is 5.32 Å². The van der Waals surface area contributed by atoms with E-state index in [1.165, 1.54) is 0 Å². The number of ether oxygens (including phenoxy) is 1. The lowest BCUT2D eigenvalue weighted by Gasteiger charge is -2.23. The van der Waals surface area contributed by atoms with E-state index in [0.29, 0.717) is 13.0 Å². The van der Waals surface area contributed by atoms with Gasteiger partial charge < -0.3 is 10.1 Å². The van der Waals surface area contributed by atoms with Gasteiger partial charge in [0.05, 0.1) is 17.5 Å². The summed E-state index contributed by atoms with van der Waals surface area (Å²) in [6.45, 7) is 6.49. The normalized spacial score (nSPS) is 17.2. The van der Waals surface area contributed by atoms with Gasteiger partial charge in [-0.3, -0.25) is 4.79 Å². The van der Waals surface area contributed by atoms with E-state index in [4.69, 9.17) is 4.74 Å². The molecule has 1 aliphatic heterocycles. The highest BCUT2D eigenvalue weighted by Gasteiger charge is 2.27. The molecule has 2 aromatic rings. The highest BCUT2D eigenvalue weighted by Crippen LogP contribution is 2.26. The van der Waals surface area contributed by atoms with Crippen molar-refractivity contribution in [3.05, 3.63) is 47.8 Å². The molecule has 0 saturated carbocycles. The molecule has 1 N–H and O–H groups in total. The molecular formula is C20H26N4O2. The first kappa shape index (κ1) is 18.3. The van der Waals surface area contributed by atoms with E-state index >= 15 is 0 Å². The first-order valence-corrected chi connectivity index (χ1v) is 9.23. The fourth-order valence-corrected chi connectivity index (χ4v) is 3.16. The van der Waals surface area contributed by atoms with E-state index in [1.807, 2.05) is 48.9 Å². The molecule has 3 rings (SSSR count). The van der Waals surface area contributed by atoms with Crippen molar-refractivity contribution in [3.8, 4) is 5.69 Å². The van der Waals surface area contributed by atoms with Crippen molar-refractivity contribution < 1.29 is 9.53 Å². The Bertz CT molecular complexity index is 780. The SMILES string of the molecule is CCCc1c(C2=CCNC(C(=O)OC(C)C)C2)nnn1-c1ccccc1. The first-order valence-electron chi connectivity index (χ1n) is 9.23. The molecule has 0 bridgehead atoms. The number of para-hydroxylation sites is 1. The van der Waals surface area contributed by atoms with Gasteiger partial charge in [0.2, 0.25) is 0 Å². The molecule has 1 aromatic carbocycles. The Hall–Kier alpha value is -2.47. The van der Waals surface area contributed by atoms with E-state index in [9.17, 15) is 4.79 Å². The topological polar surface area (TPSA) is 69.0 Å². The Morgan fingerprint density at radius 3 is 2.81 bits per heavy atom. The summed E-state index contributed by atoms with van der Waals surface area (Å²) in [5, 5.41) is 12.1. The van der Waals surface area contributed by atoms with Crippen molar-refractivity contribution in [1.29, 1.82) is 0 Å². The lowest BCUT2D eigenvalue weighted by Crippen LogP contribution is -2.41. The van der Waals surface area contributed by atoms with Crippen molar-refractivity contribution in [2.75, 3.05) is 6.54 Å². The van der Waals surface area contributed by atoms with Crippen LogP contribution in [0.15, 0.2) is 36.4 Å². The Balaban J connectivity index is 1.88. The van der Waals surface area contributed by atoms with Gasteiger partial charge in [-0.2, -0.15) is 0 Å². The van der Waals surface area contributed by atoms with Crippen LogP contribution in [0.5, 0.6) is 0 Å². The van der Waals surface area contributed by atoms with E-state index in [2.05, 4.69) is 28.6 Å². The van der Waals surface area contributed by atoms with Gasteiger partial charge in [0.15, 0.2) is 0 Å². The van der Waals surface area contributed by atoms with Gasteiger partial charge in [0.25, 0.3) is 0 Å². The lowest BCUT2D eigenvalue weighted by molar-refractivity contribution is -0.149. The van der Waals surface area contributed by atoms with E-state index in [-0.39, 0.29) is 18.1 Å². The summed E-state index contributed by atoms with van der Waals surface area (Å²) in [5.41, 5.74) is 4.03. The summed E-state index contributed by atoms with van der Waals surface area (Å²) in [4.78, 5) is 12.3. The van der Waals surface area contributed by atoms with E-state index < -0.39 is 0 Å². The summed E-state index contributed by atoms with van der Waals surface area (Å²) in [5.74, 6) is -0.210. The number of nitrogens with one attached hydrogen (secondary N) is 1. The zero-order valence-electron chi connectivity index (χ0n) is 15.6. The standard InChI is InChI=1S/C20H26N4O2/c1-4-8-18-19(22-23-24(18)16-9-6-5-7-10-16)15-11-12-21-17(13-15)20(25)26-14(2)3/h5-7,9-11,14,17,21H,4,8,12-13H2,1-3H3. The zero-order chi connectivity index (χ0) is 18.5. The number of esters is 1. The minimum Gasteiger partial charge on any atom is -0.462 e. The van der Waals surface area contributed by atoms with Crippen LogP contribution in [-0.2, 0) is 16.0 Å². The number of carbonyl (C=O) groups excluding carboxylic acids is 1. The average Bonchev–Trinajstić information content (AvgIpc) is 3.06. The van der Waals surface area contributed by atoms with Crippen LogP contribution in [0, 0.1) is 0 Å². The highest BCUT2D eigenvalue weighted by atomic mass is 16.5. The summed E-state index contributed by atoms with van der Waals surface area (Å²) in [6.07, 6.45) is 4.42. The maximum absolute atomic E-state index is 12.3. The third-order valence-electron chi connectivity index (χ3n) is 4.33. The third-order valence-corrected chi connectivity index (χ3v) is 4.33. The van der Waals surface area contributed by atoms with Gasteiger partial charge in [-0.15, -0.1) is 5.10 Å². The van der Waals surface area contributed by atoms with Gasteiger partial charge in [-0.05, 0) is 38.0 Å². The van der Waals surface area contributed by atoms with Crippen LogP contribution in [0.25, 0.3) is 11.3 Å². The fraction of sp³-hybridized carbons (Fsp3) is 0.450. The number of aromatic nitrogens is 3. The second-order valence-electron chi connectivity index (χ2n) is 6.76. The molecule has 6 nitrogen and oxygen atoms in total. The molecular weight excluding hydrogens is 328 g/mol. The number of nitrogens with zero attached hydrogens (tertiary/aromatic N) is 3. The van der Waals surface area contributed by atoms with Crippen LogP contribution >= 0.6 is 0 Å². The van der Waals surface area contributed by atoms with Gasteiger partial charge in [0, 0.05) is 13.0 Å². The molecule has 6 heteroatoms. The van der Waals surface area contributed by atoms with Crippen LogP contribution in [0.3, 0.4) is 0 Å². The monoisotopic (exact) mass is 354 g/mol. The van der Waals surface area contributed by atoms with E-state index in [0.717, 1.165) is 35.5 Å². The number of hydrogen-bond donors (Lipinski definition) is 1. The van der Waals surface area contributed by atoms with Crippen LogP contribution in [0.2, 0.25) is 0 Å². The van der Waals surface area contributed by atoms with Crippen molar-refractivity contribution in [2.24, 2.45) is 0 Å². The van der Waals surface area contributed by atoms with Gasteiger partial charge in [-0.1, -0.05) is 42.8 Å². The molecule has 26 heavy (non-hydrogen) atoms. The molecule has 0 fully saturated rings. The molecule has 1 aromatic heterocycles. The minimum atomic E-state index is -0.339. The lowest BCUT2D eigenvalue weighted by atomic mass is 9.97. The molecule has 1 unspecified atom stereocenters. The van der Waals surface area contributed by atoms with Crippen LogP contribution in [0.1, 0.15) is 45.0 Å². The number of rotatable bonds is 6. The van der Waals surface area contributed by atoms with Crippen LogP contribution in [-0.4, -0.2) is 39.7 Å². The van der Waals surface area contributed by atoms with Crippen molar-refractivity contribution in [1.82, 2.24) is 20.3 Å². The Labute approximate surface area is 154 Å². The summed E-state index contributed by atoms with van der Waals surface area (Å²) in [7, 11) is 0. The second kappa shape index (κ2) is 8.27. The van der Waals surface area contributed by atoms with Crippen LogP contribution in [0.4, 0.5) is 0 Å². The Morgan fingerprint density at radius 2 is 2.12 bits per heavy atom. The average molecular weight is 354 g/mol. The number of carbonyl (C=O) groups is 1. The molecule has 0 saturated heterocycles. The predicted molar refractivity (Wildman–Crippen MR) is 101 cm³/mol. The highest BCUT2D eigenvalue weighted by molar-refractivity contribution is 5.80. The number of hydrogen-bond acceptors (Lipinski definition) is 5. The Morgan fingerprint density at radius 1 is 1.35 bits per heavy atom. The fourth-order valence-electron chi connectivity index (χ4n) is 3.16. The predicted octanol–water partition coefficient (Wildman–Crippen LogP) is 2.92. The summed E-state index contributed by atoms with van der Waals surface area (Å²) < 4.78 is 7.26. The number of benzene rings is 1. The molecule has 1 aliphatic rings. The van der Waals surface area contributed by atoms with Crippen molar-refractivity contribution in [3.63, 3.8) is 0 Å². The first-order chi connectivity index (χ1) is 12.6. The third kappa shape index (κ3) is 4.02. The maximum Gasteiger partial charge on any atom is 0.323 e. The maximum atomic E-state index is 12.3. The quantitative estimate of drug-likeness (QED) is 0.808. The Kier molecular flexibility index (Phi) is 5.83. The van der Waals surface area contributed by atoms with Crippen molar-refractivity contribution in [2.45, 2.75) is 52.2 Å². The molecule has 2 heterocycles. The van der Waals surface area contributed by atoms with E-state index in [1.54, 1.807) is 0 Å². The second-order valence-corrected chi connectivity index (χ2v) is 6.76. The molecule has 138 valence electrons.